The number of anilines is 1. The number of aryl methyl sites for hydroxylation is 1. The highest BCUT2D eigenvalue weighted by Crippen LogP contribution is 2.34. The van der Waals surface area contributed by atoms with Crippen LogP contribution in [0.1, 0.15) is 34.1 Å². The molecule has 1 aliphatic rings. The van der Waals surface area contributed by atoms with Crippen LogP contribution >= 0.6 is 11.3 Å². The number of carbonyl (C=O) groups is 1. The summed E-state index contributed by atoms with van der Waals surface area (Å²) >= 11 is 1.29. The summed E-state index contributed by atoms with van der Waals surface area (Å²) in [4.78, 5) is 30.2. The van der Waals surface area contributed by atoms with E-state index >= 15 is 0 Å². The number of halogens is 1. The second kappa shape index (κ2) is 5.52. The summed E-state index contributed by atoms with van der Waals surface area (Å²) in [6, 6.07) is 5.78. The molecule has 24 heavy (non-hydrogen) atoms. The molecule has 1 amide bonds. The van der Waals surface area contributed by atoms with Crippen molar-refractivity contribution in [3.05, 3.63) is 57.2 Å². The minimum absolute atomic E-state index is 0.0866. The van der Waals surface area contributed by atoms with Gasteiger partial charge in [-0.15, -0.1) is 11.3 Å². The molecule has 0 bridgehead atoms. The van der Waals surface area contributed by atoms with Crippen LogP contribution in [0.2, 0.25) is 0 Å². The molecule has 122 valence electrons. The predicted molar refractivity (Wildman–Crippen MR) is 91.2 cm³/mol. The average molecular weight is 343 g/mol. The van der Waals surface area contributed by atoms with E-state index in [0.717, 1.165) is 17.7 Å². The van der Waals surface area contributed by atoms with Gasteiger partial charge < -0.3 is 5.32 Å². The summed E-state index contributed by atoms with van der Waals surface area (Å²) in [5.41, 5.74) is 1.24. The van der Waals surface area contributed by atoms with Gasteiger partial charge in [0, 0.05) is 16.6 Å². The number of nitrogens with zero attached hydrogens (tertiary/aromatic N) is 2. The molecule has 1 saturated carbocycles. The first-order valence-corrected chi connectivity index (χ1v) is 8.43. The number of benzene rings is 1. The van der Waals surface area contributed by atoms with Gasteiger partial charge in [-0.1, -0.05) is 0 Å². The quantitative estimate of drug-likeness (QED) is 0.792. The second-order valence-corrected chi connectivity index (χ2v) is 7.08. The zero-order valence-electron chi connectivity index (χ0n) is 12.9. The zero-order chi connectivity index (χ0) is 16.8. The molecule has 0 unspecified atom stereocenters. The molecule has 0 saturated heterocycles. The van der Waals surface area contributed by atoms with Gasteiger partial charge in [0.05, 0.1) is 11.9 Å². The van der Waals surface area contributed by atoms with Gasteiger partial charge >= 0.3 is 0 Å². The Morgan fingerprint density at radius 3 is 2.71 bits per heavy atom. The Morgan fingerprint density at radius 1 is 1.33 bits per heavy atom. The molecule has 0 atom stereocenters. The van der Waals surface area contributed by atoms with Gasteiger partial charge in [0.15, 0.2) is 0 Å². The number of thiophene rings is 1. The SMILES string of the molecule is Cc1sc2c(=O)n(C3CC3)cnc2c1C(=O)Nc1ccc(F)cc1. The predicted octanol–water partition coefficient (Wildman–Crippen LogP) is 3.49. The standard InChI is InChI=1S/C17H14FN3O2S/c1-9-13(16(22)20-11-4-2-10(18)3-5-11)14-15(24-9)17(23)21(8-19-14)12-6-7-12/h2-5,8,12H,6-7H2,1H3,(H,20,22). The number of hydrogen-bond acceptors (Lipinski definition) is 4. The minimum atomic E-state index is -0.368. The number of nitrogens with one attached hydrogen (secondary N) is 1. The lowest BCUT2D eigenvalue weighted by molar-refractivity contribution is 0.102. The third-order valence-electron chi connectivity index (χ3n) is 4.07. The number of carbonyl (C=O) groups excluding carboxylic acids is 1. The van der Waals surface area contributed by atoms with Gasteiger partial charge in [0.25, 0.3) is 11.5 Å². The first-order valence-electron chi connectivity index (χ1n) is 7.62. The van der Waals surface area contributed by atoms with Crippen LogP contribution in [0.5, 0.6) is 0 Å². The lowest BCUT2D eigenvalue weighted by Crippen LogP contribution is -2.19. The number of fused-ring (bicyclic) bond motifs is 1. The van der Waals surface area contributed by atoms with E-state index in [1.165, 1.54) is 41.9 Å². The summed E-state index contributed by atoms with van der Waals surface area (Å²) in [7, 11) is 0. The molecule has 3 aromatic rings. The maximum atomic E-state index is 13.0. The molecule has 2 aromatic heterocycles. The Balaban J connectivity index is 1.74. The van der Waals surface area contributed by atoms with Crippen molar-refractivity contribution in [3.63, 3.8) is 0 Å². The van der Waals surface area contributed by atoms with Gasteiger partial charge in [0.2, 0.25) is 0 Å². The molecule has 1 aliphatic carbocycles. The third-order valence-corrected chi connectivity index (χ3v) is 5.15. The molecule has 4 rings (SSSR count). The Kier molecular flexibility index (Phi) is 3.45. The van der Waals surface area contributed by atoms with E-state index in [1.807, 2.05) is 0 Å². The summed E-state index contributed by atoms with van der Waals surface area (Å²) in [5, 5.41) is 2.73. The molecule has 1 N–H and O–H groups in total. The van der Waals surface area contributed by atoms with Crippen molar-refractivity contribution >= 4 is 33.1 Å². The van der Waals surface area contributed by atoms with Crippen LogP contribution in [0, 0.1) is 12.7 Å². The number of hydrogen-bond donors (Lipinski definition) is 1. The van der Waals surface area contributed by atoms with Crippen LogP contribution in [-0.4, -0.2) is 15.5 Å². The van der Waals surface area contributed by atoms with Gasteiger partial charge in [-0.2, -0.15) is 0 Å². The lowest BCUT2D eigenvalue weighted by Gasteiger charge is -2.06. The third kappa shape index (κ3) is 2.50. The smallest absolute Gasteiger partial charge is 0.271 e. The first kappa shape index (κ1) is 15.0. The molecule has 1 aromatic carbocycles. The molecule has 5 nitrogen and oxygen atoms in total. The fourth-order valence-corrected chi connectivity index (χ4v) is 3.74. The van der Waals surface area contributed by atoms with E-state index < -0.39 is 0 Å². The average Bonchev–Trinajstić information content (AvgIpc) is 3.32. The lowest BCUT2D eigenvalue weighted by atomic mass is 10.2. The largest absolute Gasteiger partial charge is 0.322 e. The summed E-state index contributed by atoms with van der Waals surface area (Å²) in [5.74, 6) is -0.714. The van der Waals surface area contributed by atoms with Crippen molar-refractivity contribution in [3.8, 4) is 0 Å². The topological polar surface area (TPSA) is 64.0 Å². The van der Waals surface area contributed by atoms with E-state index in [1.54, 1.807) is 11.5 Å². The maximum absolute atomic E-state index is 13.0. The van der Waals surface area contributed by atoms with Crippen LogP contribution in [0.15, 0.2) is 35.4 Å². The Hall–Kier alpha value is -2.54. The fourth-order valence-electron chi connectivity index (χ4n) is 2.70. The Bertz CT molecular complexity index is 1000. The van der Waals surface area contributed by atoms with Crippen LogP contribution < -0.4 is 10.9 Å². The molecule has 1 fully saturated rings. The molecule has 0 aliphatic heterocycles. The van der Waals surface area contributed by atoms with Gasteiger partial charge in [-0.05, 0) is 44.0 Å². The Morgan fingerprint density at radius 2 is 2.04 bits per heavy atom. The number of amides is 1. The van der Waals surface area contributed by atoms with Crippen LogP contribution in [0.3, 0.4) is 0 Å². The molecule has 0 spiro atoms. The zero-order valence-corrected chi connectivity index (χ0v) is 13.7. The van der Waals surface area contributed by atoms with Gasteiger partial charge in [-0.3, -0.25) is 14.2 Å². The molecule has 0 radical (unpaired) electrons. The van der Waals surface area contributed by atoms with Crippen molar-refractivity contribution in [1.82, 2.24) is 9.55 Å². The summed E-state index contributed by atoms with van der Waals surface area (Å²) < 4.78 is 15.1. The highest BCUT2D eigenvalue weighted by molar-refractivity contribution is 7.19. The Labute approximate surface area is 140 Å². The van der Waals surface area contributed by atoms with E-state index in [9.17, 15) is 14.0 Å². The van der Waals surface area contributed by atoms with Gasteiger partial charge in [0.1, 0.15) is 16.0 Å². The van der Waals surface area contributed by atoms with Crippen molar-refractivity contribution in [1.29, 1.82) is 0 Å². The highest BCUT2D eigenvalue weighted by atomic mass is 32.1. The minimum Gasteiger partial charge on any atom is -0.322 e. The first-order chi connectivity index (χ1) is 11.5. The number of rotatable bonds is 3. The number of aromatic nitrogens is 2. The molecule has 7 heteroatoms. The van der Waals surface area contributed by atoms with Gasteiger partial charge in [-0.25, -0.2) is 9.37 Å². The monoisotopic (exact) mass is 343 g/mol. The van der Waals surface area contributed by atoms with E-state index in [2.05, 4.69) is 10.3 Å². The van der Waals surface area contributed by atoms with Crippen LogP contribution in [-0.2, 0) is 0 Å². The second-order valence-electron chi connectivity index (χ2n) is 5.86. The normalized spacial score (nSPS) is 14.1. The summed E-state index contributed by atoms with van der Waals surface area (Å²) in [6.45, 7) is 1.80. The molecular weight excluding hydrogens is 329 g/mol. The molecular formula is C17H14FN3O2S. The summed E-state index contributed by atoms with van der Waals surface area (Å²) in [6.07, 6.45) is 3.52. The molecule has 2 heterocycles. The highest BCUT2D eigenvalue weighted by Gasteiger charge is 2.27. The van der Waals surface area contributed by atoms with E-state index in [-0.39, 0.29) is 23.3 Å². The fraction of sp³-hybridized carbons (Fsp3) is 0.235. The van der Waals surface area contributed by atoms with Crippen molar-refractivity contribution in [2.24, 2.45) is 0 Å². The van der Waals surface area contributed by atoms with Crippen LogP contribution in [0.25, 0.3) is 10.2 Å². The van der Waals surface area contributed by atoms with Crippen LogP contribution in [0.4, 0.5) is 10.1 Å². The van der Waals surface area contributed by atoms with E-state index in [4.69, 9.17) is 0 Å². The van der Waals surface area contributed by atoms with Crippen molar-refractivity contribution in [2.45, 2.75) is 25.8 Å². The maximum Gasteiger partial charge on any atom is 0.271 e. The van der Waals surface area contributed by atoms with E-state index in [0.29, 0.717) is 21.5 Å². The van der Waals surface area contributed by atoms with Crippen molar-refractivity contribution < 1.29 is 9.18 Å². The van der Waals surface area contributed by atoms with Crippen molar-refractivity contribution in [2.75, 3.05) is 5.32 Å².